The van der Waals surface area contributed by atoms with Crippen LogP contribution in [0.5, 0.6) is 0 Å². The van der Waals surface area contributed by atoms with Gasteiger partial charge in [-0.15, -0.1) is 0 Å². The van der Waals surface area contributed by atoms with Crippen molar-refractivity contribution in [2.24, 2.45) is 0 Å². The lowest BCUT2D eigenvalue weighted by molar-refractivity contribution is -0.137. The van der Waals surface area contributed by atoms with Gasteiger partial charge in [-0.05, 0) is 36.0 Å². The standard InChI is InChI=1S/C15H10F3N3O2S/c16-15(17,18)10-2-1-8(9(5-10)7-22)6-21-11-3-4-19-12(11)13(23)20-14(21)24/h1-5,7,19H,6H2,(H,20,23,24). The fraction of sp³-hybridized carbons (Fsp3) is 0.133. The molecule has 0 atom stereocenters. The van der Waals surface area contributed by atoms with E-state index >= 15 is 0 Å². The molecular formula is C15H10F3N3O2S. The number of nitrogens with zero attached hydrogens (tertiary/aromatic N) is 1. The molecule has 124 valence electrons. The molecule has 0 radical (unpaired) electrons. The smallest absolute Gasteiger partial charge is 0.355 e. The first-order chi connectivity index (χ1) is 11.3. The van der Waals surface area contributed by atoms with Crippen molar-refractivity contribution < 1.29 is 18.0 Å². The summed E-state index contributed by atoms with van der Waals surface area (Å²) in [5.74, 6) is 0. The molecule has 9 heteroatoms. The summed E-state index contributed by atoms with van der Waals surface area (Å²) in [7, 11) is 0. The van der Waals surface area contributed by atoms with E-state index in [0.717, 1.165) is 12.1 Å². The molecule has 0 aliphatic carbocycles. The fourth-order valence-corrected chi connectivity index (χ4v) is 2.71. The predicted octanol–water partition coefficient (Wildman–Crippen LogP) is 3.27. The average molecular weight is 353 g/mol. The minimum atomic E-state index is -4.53. The van der Waals surface area contributed by atoms with Gasteiger partial charge in [-0.3, -0.25) is 14.6 Å². The van der Waals surface area contributed by atoms with Crippen molar-refractivity contribution in [2.75, 3.05) is 0 Å². The Morgan fingerprint density at radius 2 is 2.00 bits per heavy atom. The van der Waals surface area contributed by atoms with Crippen LogP contribution >= 0.6 is 12.2 Å². The Morgan fingerprint density at radius 3 is 2.67 bits per heavy atom. The number of hydrogen-bond acceptors (Lipinski definition) is 3. The minimum absolute atomic E-state index is 0.0518. The van der Waals surface area contributed by atoms with Gasteiger partial charge < -0.3 is 9.55 Å². The first-order valence-electron chi connectivity index (χ1n) is 6.77. The zero-order valence-electron chi connectivity index (χ0n) is 12.0. The maximum atomic E-state index is 12.8. The molecule has 0 spiro atoms. The van der Waals surface area contributed by atoms with E-state index in [2.05, 4.69) is 9.97 Å². The van der Waals surface area contributed by atoms with E-state index in [0.29, 0.717) is 22.9 Å². The summed E-state index contributed by atoms with van der Waals surface area (Å²) in [6.07, 6.45) is -2.61. The van der Waals surface area contributed by atoms with Crippen LogP contribution in [0.25, 0.3) is 11.0 Å². The van der Waals surface area contributed by atoms with Crippen LogP contribution < -0.4 is 5.56 Å². The summed E-state index contributed by atoms with van der Waals surface area (Å²) in [6.45, 7) is 0.0518. The summed E-state index contributed by atoms with van der Waals surface area (Å²) in [4.78, 5) is 28.2. The summed E-state index contributed by atoms with van der Waals surface area (Å²) in [5, 5.41) is 0. The molecule has 0 aliphatic heterocycles. The molecule has 3 aromatic rings. The van der Waals surface area contributed by atoms with E-state index < -0.39 is 11.7 Å². The second-order valence-electron chi connectivity index (χ2n) is 5.11. The molecule has 0 saturated heterocycles. The Hall–Kier alpha value is -2.68. The average Bonchev–Trinajstić information content (AvgIpc) is 3.00. The van der Waals surface area contributed by atoms with Crippen molar-refractivity contribution in [1.29, 1.82) is 0 Å². The zero-order chi connectivity index (χ0) is 17.5. The topological polar surface area (TPSA) is 70.7 Å². The van der Waals surface area contributed by atoms with Gasteiger partial charge in [0.05, 0.1) is 17.6 Å². The Bertz CT molecular complexity index is 1050. The van der Waals surface area contributed by atoms with Crippen molar-refractivity contribution >= 4 is 29.5 Å². The van der Waals surface area contributed by atoms with Crippen molar-refractivity contribution in [3.8, 4) is 0 Å². The molecule has 0 fully saturated rings. The third-order valence-corrected chi connectivity index (χ3v) is 3.96. The minimum Gasteiger partial charge on any atom is -0.355 e. The molecule has 2 aromatic heterocycles. The third-order valence-electron chi connectivity index (χ3n) is 3.64. The van der Waals surface area contributed by atoms with E-state index in [9.17, 15) is 22.8 Å². The number of aromatic nitrogens is 3. The van der Waals surface area contributed by atoms with Crippen LogP contribution in [-0.4, -0.2) is 20.8 Å². The van der Waals surface area contributed by atoms with Gasteiger partial charge in [0, 0.05) is 11.8 Å². The number of rotatable bonds is 3. The van der Waals surface area contributed by atoms with Gasteiger partial charge in [0.25, 0.3) is 5.56 Å². The highest BCUT2D eigenvalue weighted by atomic mass is 32.1. The molecule has 0 saturated carbocycles. The quantitative estimate of drug-likeness (QED) is 0.561. The Balaban J connectivity index is 2.13. The summed E-state index contributed by atoms with van der Waals surface area (Å²) in [6, 6.07) is 4.57. The van der Waals surface area contributed by atoms with Crippen LogP contribution in [0.15, 0.2) is 35.3 Å². The molecule has 0 amide bonds. The number of carbonyl (C=O) groups is 1. The lowest BCUT2D eigenvalue weighted by atomic mass is 10.0. The maximum Gasteiger partial charge on any atom is 0.416 e. The van der Waals surface area contributed by atoms with Gasteiger partial charge in [0.15, 0.2) is 4.77 Å². The maximum absolute atomic E-state index is 12.8. The summed E-state index contributed by atoms with van der Waals surface area (Å²) >= 11 is 5.12. The van der Waals surface area contributed by atoms with E-state index in [-0.39, 0.29) is 22.4 Å². The van der Waals surface area contributed by atoms with Crippen molar-refractivity contribution in [3.63, 3.8) is 0 Å². The van der Waals surface area contributed by atoms with E-state index in [4.69, 9.17) is 12.2 Å². The van der Waals surface area contributed by atoms with Crippen molar-refractivity contribution in [1.82, 2.24) is 14.5 Å². The van der Waals surface area contributed by atoms with Crippen LogP contribution in [0.2, 0.25) is 0 Å². The third kappa shape index (κ3) is 2.78. The molecule has 24 heavy (non-hydrogen) atoms. The van der Waals surface area contributed by atoms with Gasteiger partial charge in [-0.1, -0.05) is 6.07 Å². The highest BCUT2D eigenvalue weighted by Crippen LogP contribution is 2.30. The van der Waals surface area contributed by atoms with Crippen molar-refractivity contribution in [2.45, 2.75) is 12.7 Å². The zero-order valence-corrected chi connectivity index (χ0v) is 12.8. The number of fused-ring (bicyclic) bond motifs is 1. The number of hydrogen-bond donors (Lipinski definition) is 2. The number of aromatic amines is 2. The predicted molar refractivity (Wildman–Crippen MR) is 83.7 cm³/mol. The van der Waals surface area contributed by atoms with E-state index in [1.807, 2.05) is 0 Å². The number of nitrogens with one attached hydrogen (secondary N) is 2. The highest BCUT2D eigenvalue weighted by Gasteiger charge is 2.31. The number of aldehydes is 1. The van der Waals surface area contributed by atoms with Gasteiger partial charge in [0.1, 0.15) is 11.8 Å². The number of carbonyl (C=O) groups excluding carboxylic acids is 1. The Labute approximate surface area is 137 Å². The van der Waals surface area contributed by atoms with Crippen LogP contribution in [0.1, 0.15) is 21.5 Å². The first-order valence-corrected chi connectivity index (χ1v) is 7.17. The molecule has 0 aliphatic rings. The summed E-state index contributed by atoms with van der Waals surface area (Å²) < 4.78 is 39.9. The second-order valence-corrected chi connectivity index (χ2v) is 5.50. The monoisotopic (exact) mass is 353 g/mol. The van der Waals surface area contributed by atoms with Crippen LogP contribution in [-0.2, 0) is 12.7 Å². The number of halogens is 3. The molecule has 0 unspecified atom stereocenters. The number of alkyl halides is 3. The molecule has 3 rings (SSSR count). The van der Waals surface area contributed by atoms with Gasteiger partial charge >= 0.3 is 6.18 Å². The second kappa shape index (κ2) is 5.75. The normalized spacial score (nSPS) is 11.8. The van der Waals surface area contributed by atoms with E-state index in [1.165, 1.54) is 10.6 Å². The SMILES string of the molecule is O=Cc1cc(C(F)(F)F)ccc1Cn1c(=S)[nH]c(=O)c2[nH]ccc21. The first kappa shape index (κ1) is 16.2. The fourth-order valence-electron chi connectivity index (χ4n) is 2.46. The molecular weight excluding hydrogens is 343 g/mol. The van der Waals surface area contributed by atoms with Gasteiger partial charge in [-0.2, -0.15) is 13.2 Å². The molecule has 1 aromatic carbocycles. The largest absolute Gasteiger partial charge is 0.416 e. The van der Waals surface area contributed by atoms with Gasteiger partial charge in [-0.25, -0.2) is 0 Å². The lowest BCUT2D eigenvalue weighted by Crippen LogP contribution is -2.15. The summed E-state index contributed by atoms with van der Waals surface area (Å²) in [5.41, 5.74) is -0.210. The number of benzene rings is 1. The number of H-pyrrole nitrogens is 2. The Kier molecular flexibility index (Phi) is 3.88. The molecule has 2 heterocycles. The van der Waals surface area contributed by atoms with Crippen molar-refractivity contribution in [3.05, 3.63) is 62.3 Å². The lowest BCUT2D eigenvalue weighted by Gasteiger charge is -2.13. The Morgan fingerprint density at radius 1 is 1.25 bits per heavy atom. The van der Waals surface area contributed by atoms with Crippen LogP contribution in [0.4, 0.5) is 13.2 Å². The molecule has 5 nitrogen and oxygen atoms in total. The molecule has 2 N–H and O–H groups in total. The highest BCUT2D eigenvalue weighted by molar-refractivity contribution is 7.71. The van der Waals surface area contributed by atoms with Crippen LogP contribution in [0, 0.1) is 4.77 Å². The van der Waals surface area contributed by atoms with Crippen LogP contribution in [0.3, 0.4) is 0 Å². The van der Waals surface area contributed by atoms with Gasteiger partial charge in [0.2, 0.25) is 0 Å². The molecule has 0 bridgehead atoms. The van der Waals surface area contributed by atoms with E-state index in [1.54, 1.807) is 12.3 Å².